The molecular weight excluding hydrogens is 458 g/mol. The van der Waals surface area contributed by atoms with Crippen LogP contribution in [-0.4, -0.2) is 53.1 Å². The molecule has 2 aromatic heterocycles. The van der Waals surface area contributed by atoms with Crippen LogP contribution in [0.4, 0.5) is 11.4 Å². The number of fused-ring (bicyclic) bond motifs is 2. The van der Waals surface area contributed by atoms with Crippen LogP contribution in [0.25, 0.3) is 10.2 Å². The number of benzene rings is 1. The molecule has 0 radical (unpaired) electrons. The zero-order chi connectivity index (χ0) is 23.9. The molecule has 0 bridgehead atoms. The van der Waals surface area contributed by atoms with Crippen molar-refractivity contribution >= 4 is 38.8 Å². The topological polar surface area (TPSA) is 70.5 Å². The summed E-state index contributed by atoms with van der Waals surface area (Å²) in [7, 11) is 0. The van der Waals surface area contributed by atoms with Gasteiger partial charge in [-0.25, -0.2) is 4.98 Å². The standard InChI is InChI=1S/C27H33N5O2S/c1-18-23-26(29-22-8-3-2-4-11-32(22)27(23)34)35-24(18)25(33)28-20-6-5-7-21(16-20)31-14-12-30(13-15-31)17-19-9-10-19/h5-7,16,19H,2-4,8-15,17H2,1H3,(H,28,33). The Morgan fingerprint density at radius 1 is 1.11 bits per heavy atom. The van der Waals surface area contributed by atoms with Gasteiger partial charge in [-0.2, -0.15) is 0 Å². The van der Waals surface area contributed by atoms with Crippen molar-refractivity contribution in [3.63, 3.8) is 0 Å². The quantitative estimate of drug-likeness (QED) is 0.577. The summed E-state index contributed by atoms with van der Waals surface area (Å²) in [4.78, 5) is 37.6. The fraction of sp³-hybridized carbons (Fsp3) is 0.519. The molecule has 0 spiro atoms. The van der Waals surface area contributed by atoms with Gasteiger partial charge in [-0.05, 0) is 62.3 Å². The number of anilines is 2. The lowest BCUT2D eigenvalue weighted by Gasteiger charge is -2.36. The van der Waals surface area contributed by atoms with Gasteiger partial charge in [-0.15, -0.1) is 11.3 Å². The first kappa shape index (κ1) is 22.7. The van der Waals surface area contributed by atoms with Gasteiger partial charge in [0.25, 0.3) is 11.5 Å². The van der Waals surface area contributed by atoms with Gasteiger partial charge in [0, 0.05) is 57.1 Å². The fourth-order valence-corrected chi connectivity index (χ4v) is 6.53. The predicted molar refractivity (Wildman–Crippen MR) is 142 cm³/mol. The third-order valence-corrected chi connectivity index (χ3v) is 8.86. The number of rotatable bonds is 5. The van der Waals surface area contributed by atoms with Crippen molar-refractivity contribution in [1.29, 1.82) is 0 Å². The molecule has 1 saturated carbocycles. The van der Waals surface area contributed by atoms with Crippen LogP contribution in [0.5, 0.6) is 0 Å². The van der Waals surface area contributed by atoms with E-state index in [1.807, 2.05) is 23.6 Å². The Labute approximate surface area is 209 Å². The summed E-state index contributed by atoms with van der Waals surface area (Å²) in [6.45, 7) is 8.06. The second kappa shape index (κ2) is 9.39. The molecule has 6 rings (SSSR count). The third-order valence-electron chi connectivity index (χ3n) is 7.67. The molecule has 1 aliphatic carbocycles. The minimum Gasteiger partial charge on any atom is -0.369 e. The van der Waals surface area contributed by atoms with Crippen molar-refractivity contribution < 1.29 is 4.79 Å². The number of aryl methyl sites for hydroxylation is 2. The molecule has 2 aliphatic heterocycles. The lowest BCUT2D eigenvalue weighted by atomic mass is 10.2. The number of hydrogen-bond acceptors (Lipinski definition) is 6. The van der Waals surface area contributed by atoms with E-state index in [-0.39, 0.29) is 11.5 Å². The zero-order valence-corrected chi connectivity index (χ0v) is 21.2. The van der Waals surface area contributed by atoms with E-state index in [0.717, 1.165) is 87.1 Å². The molecule has 1 saturated heterocycles. The van der Waals surface area contributed by atoms with Gasteiger partial charge in [0.1, 0.15) is 10.7 Å². The van der Waals surface area contributed by atoms with E-state index >= 15 is 0 Å². The number of aromatic nitrogens is 2. The summed E-state index contributed by atoms with van der Waals surface area (Å²) in [5.41, 5.74) is 2.67. The van der Waals surface area contributed by atoms with E-state index in [1.54, 1.807) is 0 Å². The number of hydrogen-bond donors (Lipinski definition) is 1. The fourth-order valence-electron chi connectivity index (χ4n) is 5.45. The maximum Gasteiger partial charge on any atom is 0.266 e. The van der Waals surface area contributed by atoms with E-state index in [2.05, 4.69) is 27.2 Å². The number of amides is 1. The summed E-state index contributed by atoms with van der Waals surface area (Å²) in [5.74, 6) is 1.62. The van der Waals surface area contributed by atoms with Gasteiger partial charge in [0.15, 0.2) is 0 Å². The van der Waals surface area contributed by atoms with E-state index in [4.69, 9.17) is 4.98 Å². The van der Waals surface area contributed by atoms with Crippen molar-refractivity contribution in [3.05, 3.63) is 50.9 Å². The van der Waals surface area contributed by atoms with Gasteiger partial charge in [-0.3, -0.25) is 19.1 Å². The molecule has 1 aromatic carbocycles. The van der Waals surface area contributed by atoms with Crippen molar-refractivity contribution in [2.24, 2.45) is 5.92 Å². The average Bonchev–Trinajstić information content (AvgIpc) is 3.65. The normalized spacial score (nSPS) is 18.9. The molecule has 3 aromatic rings. The monoisotopic (exact) mass is 491 g/mol. The van der Waals surface area contributed by atoms with Crippen LogP contribution in [0.1, 0.15) is 53.2 Å². The number of thiophene rings is 1. The SMILES string of the molecule is Cc1c(C(=O)Nc2cccc(N3CCN(CC4CC4)CC3)c2)sc2nc3n(c(=O)c12)CCCCC3. The molecule has 35 heavy (non-hydrogen) atoms. The van der Waals surface area contributed by atoms with Crippen molar-refractivity contribution in [2.45, 2.75) is 52.0 Å². The molecule has 0 atom stereocenters. The van der Waals surface area contributed by atoms with Crippen LogP contribution in [0.3, 0.4) is 0 Å². The van der Waals surface area contributed by atoms with Gasteiger partial charge in [-0.1, -0.05) is 12.5 Å². The summed E-state index contributed by atoms with van der Waals surface area (Å²) in [5, 5.41) is 3.68. The Bertz CT molecular complexity index is 1320. The third kappa shape index (κ3) is 4.61. The summed E-state index contributed by atoms with van der Waals surface area (Å²) in [6, 6.07) is 8.12. The Morgan fingerprint density at radius 2 is 1.94 bits per heavy atom. The highest BCUT2D eigenvalue weighted by atomic mass is 32.1. The first-order chi connectivity index (χ1) is 17.1. The smallest absolute Gasteiger partial charge is 0.266 e. The van der Waals surface area contributed by atoms with Crippen LogP contribution >= 0.6 is 11.3 Å². The van der Waals surface area contributed by atoms with E-state index < -0.39 is 0 Å². The van der Waals surface area contributed by atoms with Crippen LogP contribution < -0.4 is 15.8 Å². The Morgan fingerprint density at radius 3 is 2.74 bits per heavy atom. The first-order valence-corrected chi connectivity index (χ1v) is 13.8. The van der Waals surface area contributed by atoms with Crippen molar-refractivity contribution in [1.82, 2.24) is 14.5 Å². The van der Waals surface area contributed by atoms with Crippen LogP contribution in [0.15, 0.2) is 29.1 Å². The first-order valence-electron chi connectivity index (χ1n) is 13.0. The number of piperazine rings is 1. The van der Waals surface area contributed by atoms with E-state index in [0.29, 0.717) is 15.1 Å². The number of nitrogens with one attached hydrogen (secondary N) is 1. The van der Waals surface area contributed by atoms with Gasteiger partial charge in [0.05, 0.1) is 10.3 Å². The Kier molecular flexibility index (Phi) is 6.10. The Hall–Kier alpha value is -2.71. The van der Waals surface area contributed by atoms with Crippen LogP contribution in [-0.2, 0) is 13.0 Å². The van der Waals surface area contributed by atoms with Gasteiger partial charge >= 0.3 is 0 Å². The maximum atomic E-state index is 13.3. The van der Waals surface area contributed by atoms with E-state index in [1.165, 1.54) is 30.7 Å². The second-order valence-corrected chi connectivity index (χ2v) is 11.3. The second-order valence-electron chi connectivity index (χ2n) is 10.3. The molecule has 0 unspecified atom stereocenters. The molecule has 1 amide bonds. The highest BCUT2D eigenvalue weighted by molar-refractivity contribution is 7.20. The highest BCUT2D eigenvalue weighted by Crippen LogP contribution is 2.31. The minimum absolute atomic E-state index is 0.00234. The minimum atomic E-state index is -0.170. The number of carbonyl (C=O) groups excluding carboxylic acids is 1. The molecule has 8 heteroatoms. The lowest BCUT2D eigenvalue weighted by Crippen LogP contribution is -2.47. The Balaban J connectivity index is 1.20. The molecule has 1 N–H and O–H groups in total. The molecule has 4 heterocycles. The molecule has 3 aliphatic rings. The van der Waals surface area contributed by atoms with Crippen molar-refractivity contribution in [3.8, 4) is 0 Å². The molecule has 7 nitrogen and oxygen atoms in total. The van der Waals surface area contributed by atoms with Crippen LogP contribution in [0, 0.1) is 12.8 Å². The van der Waals surface area contributed by atoms with Crippen LogP contribution in [0.2, 0.25) is 0 Å². The van der Waals surface area contributed by atoms with E-state index in [9.17, 15) is 9.59 Å². The number of nitrogens with zero attached hydrogens (tertiary/aromatic N) is 4. The summed E-state index contributed by atoms with van der Waals surface area (Å²) < 4.78 is 1.82. The zero-order valence-electron chi connectivity index (χ0n) is 20.4. The lowest BCUT2D eigenvalue weighted by molar-refractivity contribution is 0.103. The van der Waals surface area contributed by atoms with Gasteiger partial charge in [0.2, 0.25) is 0 Å². The predicted octanol–water partition coefficient (Wildman–Crippen LogP) is 4.28. The average molecular weight is 492 g/mol. The van der Waals surface area contributed by atoms with Gasteiger partial charge < -0.3 is 10.2 Å². The molecule has 2 fully saturated rings. The largest absolute Gasteiger partial charge is 0.369 e. The molecular formula is C27H33N5O2S. The number of carbonyl (C=O) groups is 1. The van der Waals surface area contributed by atoms with Crippen molar-refractivity contribution in [2.75, 3.05) is 42.9 Å². The summed E-state index contributed by atoms with van der Waals surface area (Å²) >= 11 is 1.33. The maximum absolute atomic E-state index is 13.3. The summed E-state index contributed by atoms with van der Waals surface area (Å²) in [6.07, 6.45) is 6.80. The highest BCUT2D eigenvalue weighted by Gasteiger charge is 2.27. The molecule has 184 valence electrons.